The Morgan fingerprint density at radius 3 is 2.67 bits per heavy atom. The van der Waals surface area contributed by atoms with Crippen LogP contribution in [0.25, 0.3) is 10.8 Å². The highest BCUT2D eigenvalue weighted by atomic mass is 79.9. The summed E-state index contributed by atoms with van der Waals surface area (Å²) in [5, 5.41) is 13.2. The van der Waals surface area contributed by atoms with Gasteiger partial charge in [-0.15, -0.1) is 0 Å². The van der Waals surface area contributed by atoms with Crippen LogP contribution in [0.1, 0.15) is 0 Å². The van der Waals surface area contributed by atoms with E-state index >= 15 is 0 Å². The number of aliphatic hydroxyl groups is 1. The average Bonchev–Trinajstić information content (AvgIpc) is 2.40. The van der Waals surface area contributed by atoms with Gasteiger partial charge in [0.05, 0.1) is 12.3 Å². The van der Waals surface area contributed by atoms with Crippen molar-refractivity contribution >= 4 is 38.5 Å². The van der Waals surface area contributed by atoms with Gasteiger partial charge in [-0.05, 0) is 17.5 Å². The van der Waals surface area contributed by atoms with Crippen LogP contribution < -0.4 is 5.32 Å². The van der Waals surface area contributed by atoms with Crippen molar-refractivity contribution in [1.29, 1.82) is 0 Å². The number of benzene rings is 2. The number of anilines is 1. The lowest BCUT2D eigenvalue weighted by Crippen LogP contribution is -2.15. The van der Waals surface area contributed by atoms with Crippen molar-refractivity contribution in [1.82, 2.24) is 0 Å². The Labute approximate surface area is 113 Å². The lowest BCUT2D eigenvalue weighted by molar-refractivity contribution is 0.131. The number of halogens is 1. The van der Waals surface area contributed by atoms with Crippen molar-refractivity contribution < 1.29 is 14.6 Å². The number of carbonyl (C=O) groups excluding carboxylic acids is 1. The molecule has 0 aliphatic rings. The molecular weight excluding hydrogens is 298 g/mol. The van der Waals surface area contributed by atoms with E-state index in [0.29, 0.717) is 5.69 Å². The average molecular weight is 310 g/mol. The molecule has 2 rings (SSSR count). The van der Waals surface area contributed by atoms with Crippen molar-refractivity contribution in [2.45, 2.75) is 0 Å². The van der Waals surface area contributed by atoms with Crippen molar-refractivity contribution in [3.05, 3.63) is 40.9 Å². The highest BCUT2D eigenvalue weighted by Crippen LogP contribution is 2.29. The Kier molecular flexibility index (Phi) is 4.17. The highest BCUT2D eigenvalue weighted by molar-refractivity contribution is 9.10. The summed E-state index contributed by atoms with van der Waals surface area (Å²) in [4.78, 5) is 11.4. The fourth-order valence-corrected chi connectivity index (χ4v) is 2.13. The SMILES string of the molecule is O=C(Nc1ccc(Br)c2ccccc12)OCCO. The van der Waals surface area contributed by atoms with Crippen LogP contribution in [0.5, 0.6) is 0 Å². The van der Waals surface area contributed by atoms with Gasteiger partial charge in [-0.1, -0.05) is 40.2 Å². The van der Waals surface area contributed by atoms with Crippen LogP contribution in [0.2, 0.25) is 0 Å². The minimum absolute atomic E-state index is 0.0136. The minimum Gasteiger partial charge on any atom is -0.447 e. The lowest BCUT2D eigenvalue weighted by atomic mass is 10.1. The summed E-state index contributed by atoms with van der Waals surface area (Å²) in [5.74, 6) is 0. The second-order valence-corrected chi connectivity index (χ2v) is 4.48. The van der Waals surface area contributed by atoms with E-state index in [1.54, 1.807) is 6.07 Å². The normalized spacial score (nSPS) is 10.3. The van der Waals surface area contributed by atoms with E-state index in [1.165, 1.54) is 0 Å². The Morgan fingerprint density at radius 2 is 1.94 bits per heavy atom. The number of hydrogen-bond donors (Lipinski definition) is 2. The molecule has 4 nitrogen and oxygen atoms in total. The van der Waals surface area contributed by atoms with Crippen LogP contribution in [0.4, 0.5) is 10.5 Å². The largest absolute Gasteiger partial charge is 0.447 e. The number of carbonyl (C=O) groups is 1. The summed E-state index contributed by atoms with van der Waals surface area (Å²) in [6.45, 7) is -0.200. The first-order valence-electron chi connectivity index (χ1n) is 5.44. The van der Waals surface area contributed by atoms with E-state index in [1.807, 2.05) is 30.3 Å². The molecule has 18 heavy (non-hydrogen) atoms. The molecule has 0 aliphatic carbocycles. The van der Waals surface area contributed by atoms with Gasteiger partial charge in [-0.3, -0.25) is 5.32 Å². The van der Waals surface area contributed by atoms with Gasteiger partial charge >= 0.3 is 6.09 Å². The molecular formula is C13H12BrNO3. The van der Waals surface area contributed by atoms with E-state index in [-0.39, 0.29) is 13.2 Å². The van der Waals surface area contributed by atoms with Gasteiger partial charge in [-0.25, -0.2) is 4.79 Å². The summed E-state index contributed by atoms with van der Waals surface area (Å²) in [6, 6.07) is 11.4. The zero-order valence-electron chi connectivity index (χ0n) is 9.52. The molecule has 0 radical (unpaired) electrons. The van der Waals surface area contributed by atoms with Gasteiger partial charge in [0.2, 0.25) is 0 Å². The molecule has 2 aromatic carbocycles. The van der Waals surface area contributed by atoms with Crippen molar-refractivity contribution in [2.24, 2.45) is 0 Å². The van der Waals surface area contributed by atoms with Crippen LogP contribution in [-0.2, 0) is 4.74 Å². The third-order valence-corrected chi connectivity index (χ3v) is 3.12. The van der Waals surface area contributed by atoms with Gasteiger partial charge in [0.1, 0.15) is 6.61 Å². The molecule has 0 aromatic heterocycles. The maximum atomic E-state index is 11.4. The predicted molar refractivity (Wildman–Crippen MR) is 73.7 cm³/mol. The summed E-state index contributed by atoms with van der Waals surface area (Å²) < 4.78 is 5.73. The smallest absolute Gasteiger partial charge is 0.411 e. The van der Waals surface area contributed by atoms with E-state index in [9.17, 15) is 4.79 Å². The molecule has 0 saturated heterocycles. The zero-order valence-corrected chi connectivity index (χ0v) is 11.1. The first-order chi connectivity index (χ1) is 8.72. The first-order valence-corrected chi connectivity index (χ1v) is 6.23. The number of aliphatic hydroxyl groups excluding tert-OH is 1. The molecule has 0 bridgehead atoms. The molecule has 0 heterocycles. The van der Waals surface area contributed by atoms with Crippen molar-refractivity contribution in [2.75, 3.05) is 18.5 Å². The molecule has 0 saturated carbocycles. The van der Waals surface area contributed by atoms with Crippen molar-refractivity contribution in [3.8, 4) is 0 Å². The van der Waals surface area contributed by atoms with Crippen LogP contribution in [0.15, 0.2) is 40.9 Å². The second-order valence-electron chi connectivity index (χ2n) is 3.63. The van der Waals surface area contributed by atoms with Crippen LogP contribution in [0, 0.1) is 0 Å². The molecule has 0 aliphatic heterocycles. The minimum atomic E-state index is -0.573. The fraction of sp³-hybridized carbons (Fsp3) is 0.154. The Morgan fingerprint density at radius 1 is 1.22 bits per heavy atom. The molecule has 94 valence electrons. The van der Waals surface area contributed by atoms with Crippen LogP contribution in [0.3, 0.4) is 0 Å². The third-order valence-electron chi connectivity index (χ3n) is 2.43. The van der Waals surface area contributed by atoms with Crippen LogP contribution >= 0.6 is 15.9 Å². The number of rotatable bonds is 3. The number of amides is 1. The number of nitrogens with one attached hydrogen (secondary N) is 1. The number of ether oxygens (including phenoxy) is 1. The van der Waals surface area contributed by atoms with Gasteiger partial charge in [0.15, 0.2) is 0 Å². The van der Waals surface area contributed by atoms with Gasteiger partial charge in [0.25, 0.3) is 0 Å². The molecule has 0 fully saturated rings. The molecule has 1 amide bonds. The zero-order chi connectivity index (χ0) is 13.0. The van der Waals surface area contributed by atoms with Crippen molar-refractivity contribution in [3.63, 3.8) is 0 Å². The highest BCUT2D eigenvalue weighted by Gasteiger charge is 2.07. The fourth-order valence-electron chi connectivity index (χ4n) is 1.66. The van der Waals surface area contributed by atoms with E-state index in [0.717, 1.165) is 15.2 Å². The number of fused-ring (bicyclic) bond motifs is 1. The Hall–Kier alpha value is -1.59. The van der Waals surface area contributed by atoms with E-state index in [2.05, 4.69) is 21.2 Å². The quantitative estimate of drug-likeness (QED) is 0.915. The Balaban J connectivity index is 2.29. The lowest BCUT2D eigenvalue weighted by Gasteiger charge is -2.10. The van der Waals surface area contributed by atoms with E-state index < -0.39 is 6.09 Å². The number of hydrogen-bond acceptors (Lipinski definition) is 3. The molecule has 0 atom stereocenters. The maximum absolute atomic E-state index is 11.4. The van der Waals surface area contributed by atoms with Gasteiger partial charge in [0, 0.05) is 9.86 Å². The molecule has 0 spiro atoms. The summed E-state index contributed by atoms with van der Waals surface area (Å²) >= 11 is 3.46. The van der Waals surface area contributed by atoms with Gasteiger partial charge < -0.3 is 9.84 Å². The standard InChI is InChI=1S/C13H12BrNO3/c14-11-5-6-12(15-13(17)18-8-7-16)10-4-2-1-3-9(10)11/h1-6,16H,7-8H2,(H,15,17). The second kappa shape index (κ2) is 5.84. The summed E-state index contributed by atoms with van der Waals surface area (Å²) in [5.41, 5.74) is 0.678. The van der Waals surface area contributed by atoms with Crippen LogP contribution in [-0.4, -0.2) is 24.4 Å². The maximum Gasteiger partial charge on any atom is 0.411 e. The first kappa shape index (κ1) is 12.9. The third kappa shape index (κ3) is 2.80. The summed E-state index contributed by atoms with van der Waals surface area (Å²) in [6.07, 6.45) is -0.573. The predicted octanol–water partition coefficient (Wildman–Crippen LogP) is 3.14. The molecule has 0 unspecified atom stereocenters. The molecule has 5 heteroatoms. The summed E-state index contributed by atoms with van der Waals surface area (Å²) in [7, 11) is 0. The topological polar surface area (TPSA) is 58.6 Å². The Bertz CT molecular complexity index is 571. The monoisotopic (exact) mass is 309 g/mol. The van der Waals surface area contributed by atoms with E-state index in [4.69, 9.17) is 9.84 Å². The van der Waals surface area contributed by atoms with Gasteiger partial charge in [-0.2, -0.15) is 0 Å². The molecule has 2 N–H and O–H groups in total. The molecule has 2 aromatic rings.